The van der Waals surface area contributed by atoms with E-state index in [-0.39, 0.29) is 5.91 Å². The van der Waals surface area contributed by atoms with Gasteiger partial charge in [0, 0.05) is 48.5 Å². The van der Waals surface area contributed by atoms with E-state index in [0.717, 1.165) is 66.3 Å². The first kappa shape index (κ1) is 17.9. The number of nitrogens with zero attached hydrogens (tertiary/aromatic N) is 4. The lowest BCUT2D eigenvalue weighted by Gasteiger charge is -2.26. The van der Waals surface area contributed by atoms with Gasteiger partial charge in [0.2, 0.25) is 5.91 Å². The summed E-state index contributed by atoms with van der Waals surface area (Å²) in [5.41, 5.74) is 4.56. The number of carbonyl (C=O) groups excluding carboxylic acids is 1. The molecule has 0 aliphatic carbocycles. The van der Waals surface area contributed by atoms with Gasteiger partial charge in [-0.05, 0) is 26.0 Å². The number of aryl methyl sites for hydroxylation is 2. The summed E-state index contributed by atoms with van der Waals surface area (Å²) >= 11 is 0. The maximum Gasteiger partial charge on any atom is 0.224 e. The molecule has 4 rings (SSSR count). The average molecular weight is 367 g/mol. The molecule has 0 radical (unpaired) electrons. The summed E-state index contributed by atoms with van der Waals surface area (Å²) in [6.07, 6.45) is 0.319. The zero-order chi connectivity index (χ0) is 18.8. The number of aromatic nitrogens is 3. The first-order valence-electron chi connectivity index (χ1n) is 9.44. The molecule has 3 heterocycles. The molecule has 1 N–H and O–H groups in total. The average Bonchev–Trinajstić information content (AvgIpc) is 3.05. The Bertz CT molecular complexity index is 975. The van der Waals surface area contributed by atoms with E-state index in [0.29, 0.717) is 13.0 Å². The number of rotatable bonds is 5. The molecule has 2 aromatic heterocycles. The van der Waals surface area contributed by atoms with Gasteiger partial charge < -0.3 is 10.1 Å². The quantitative estimate of drug-likeness (QED) is 0.740. The number of hydrogen-bond acceptors (Lipinski definition) is 5. The Morgan fingerprint density at radius 2 is 2.00 bits per heavy atom. The maximum atomic E-state index is 12.5. The highest BCUT2D eigenvalue weighted by atomic mass is 16.5. The van der Waals surface area contributed by atoms with Gasteiger partial charge in [-0.1, -0.05) is 12.1 Å². The number of hydrogen-bond donors (Lipinski definition) is 1. The Labute approximate surface area is 158 Å². The number of amides is 1. The summed E-state index contributed by atoms with van der Waals surface area (Å²) in [5.74, 6) is 0.0207. The fraction of sp³-hybridized carbons (Fsp3) is 0.450. The zero-order valence-electron chi connectivity index (χ0n) is 15.9. The van der Waals surface area contributed by atoms with Crippen LogP contribution in [0.4, 0.5) is 0 Å². The Morgan fingerprint density at radius 1 is 1.22 bits per heavy atom. The van der Waals surface area contributed by atoms with E-state index in [4.69, 9.17) is 9.72 Å². The maximum absolute atomic E-state index is 12.5. The van der Waals surface area contributed by atoms with Crippen LogP contribution in [-0.2, 0) is 16.0 Å². The fourth-order valence-electron chi connectivity index (χ4n) is 3.63. The van der Waals surface area contributed by atoms with Crippen LogP contribution < -0.4 is 5.32 Å². The van der Waals surface area contributed by atoms with Crippen LogP contribution in [0.1, 0.15) is 17.0 Å². The molecule has 0 unspecified atom stereocenters. The van der Waals surface area contributed by atoms with Crippen molar-refractivity contribution in [3.8, 4) is 0 Å². The van der Waals surface area contributed by atoms with Crippen molar-refractivity contribution in [2.24, 2.45) is 0 Å². The molecule has 1 aliphatic heterocycles. The lowest BCUT2D eigenvalue weighted by Crippen LogP contribution is -2.41. The molecule has 1 saturated heterocycles. The summed E-state index contributed by atoms with van der Waals surface area (Å²) in [5, 5.41) is 8.71. The van der Waals surface area contributed by atoms with E-state index in [9.17, 15) is 4.79 Å². The van der Waals surface area contributed by atoms with Gasteiger partial charge in [0.25, 0.3) is 0 Å². The fourth-order valence-corrected chi connectivity index (χ4v) is 3.63. The third-order valence-corrected chi connectivity index (χ3v) is 5.21. The van der Waals surface area contributed by atoms with Gasteiger partial charge in [-0.2, -0.15) is 5.10 Å². The number of carbonyl (C=O) groups is 1. The molecule has 0 bridgehead atoms. The lowest BCUT2D eigenvalue weighted by molar-refractivity contribution is -0.120. The van der Waals surface area contributed by atoms with Gasteiger partial charge in [-0.25, -0.2) is 9.50 Å². The van der Waals surface area contributed by atoms with E-state index in [1.165, 1.54) is 0 Å². The molecule has 142 valence electrons. The molecule has 7 heteroatoms. The number of benzene rings is 1. The minimum absolute atomic E-state index is 0.0207. The molecule has 1 aromatic carbocycles. The second-order valence-corrected chi connectivity index (χ2v) is 6.99. The van der Waals surface area contributed by atoms with Crippen LogP contribution in [0, 0.1) is 13.8 Å². The first-order valence-corrected chi connectivity index (χ1v) is 9.44. The minimum atomic E-state index is 0.0207. The topological polar surface area (TPSA) is 71.8 Å². The van der Waals surface area contributed by atoms with Crippen molar-refractivity contribution in [1.29, 1.82) is 0 Å². The van der Waals surface area contributed by atoms with E-state index in [1.54, 1.807) is 0 Å². The highest BCUT2D eigenvalue weighted by molar-refractivity contribution is 5.92. The van der Waals surface area contributed by atoms with Gasteiger partial charge in [0.15, 0.2) is 5.65 Å². The van der Waals surface area contributed by atoms with Crippen molar-refractivity contribution in [2.75, 3.05) is 39.4 Å². The highest BCUT2D eigenvalue weighted by Crippen LogP contribution is 2.22. The number of fused-ring (bicyclic) bond motifs is 3. The Hall–Kier alpha value is -2.51. The Morgan fingerprint density at radius 3 is 2.81 bits per heavy atom. The van der Waals surface area contributed by atoms with Crippen molar-refractivity contribution in [3.63, 3.8) is 0 Å². The molecule has 3 aromatic rings. The highest BCUT2D eigenvalue weighted by Gasteiger charge is 2.16. The zero-order valence-corrected chi connectivity index (χ0v) is 15.9. The Kier molecular flexibility index (Phi) is 5.05. The smallest absolute Gasteiger partial charge is 0.224 e. The van der Waals surface area contributed by atoms with E-state index in [1.807, 2.05) is 42.6 Å². The van der Waals surface area contributed by atoms with Gasteiger partial charge >= 0.3 is 0 Å². The van der Waals surface area contributed by atoms with Gasteiger partial charge in [-0.3, -0.25) is 9.69 Å². The minimum Gasteiger partial charge on any atom is -0.379 e. The van der Waals surface area contributed by atoms with Crippen LogP contribution in [0.15, 0.2) is 24.3 Å². The van der Waals surface area contributed by atoms with Crippen LogP contribution in [-0.4, -0.2) is 64.8 Å². The summed E-state index contributed by atoms with van der Waals surface area (Å²) in [7, 11) is 0. The van der Waals surface area contributed by atoms with E-state index >= 15 is 0 Å². The van der Waals surface area contributed by atoms with Crippen molar-refractivity contribution < 1.29 is 9.53 Å². The molecule has 1 aliphatic rings. The largest absolute Gasteiger partial charge is 0.379 e. The second-order valence-electron chi connectivity index (χ2n) is 6.99. The molecule has 0 atom stereocenters. The summed E-state index contributed by atoms with van der Waals surface area (Å²) in [6.45, 7) is 8.89. The molecule has 0 spiro atoms. The van der Waals surface area contributed by atoms with Crippen molar-refractivity contribution in [1.82, 2.24) is 24.8 Å². The van der Waals surface area contributed by atoms with Crippen molar-refractivity contribution >= 4 is 22.5 Å². The molecular weight excluding hydrogens is 342 g/mol. The standard InChI is InChI=1S/C20H25N5O2/c1-14-17(13-19(26)21-7-8-24-9-11-27-12-10-24)15(2)25-20(22-14)16-5-3-4-6-18(16)23-25/h3-6H,7-13H2,1-2H3,(H,21,26). The van der Waals surface area contributed by atoms with Crippen molar-refractivity contribution in [2.45, 2.75) is 20.3 Å². The molecule has 0 saturated carbocycles. The first-order chi connectivity index (χ1) is 13.1. The summed E-state index contributed by atoms with van der Waals surface area (Å²) < 4.78 is 7.20. The van der Waals surface area contributed by atoms with Gasteiger partial charge in [0.05, 0.1) is 25.2 Å². The third-order valence-electron chi connectivity index (χ3n) is 5.21. The van der Waals surface area contributed by atoms with Crippen LogP contribution in [0.3, 0.4) is 0 Å². The monoisotopic (exact) mass is 367 g/mol. The normalized spacial score (nSPS) is 15.5. The second kappa shape index (κ2) is 7.62. The van der Waals surface area contributed by atoms with E-state index < -0.39 is 0 Å². The van der Waals surface area contributed by atoms with Crippen LogP contribution in [0.25, 0.3) is 16.6 Å². The predicted molar refractivity (Wildman–Crippen MR) is 104 cm³/mol. The van der Waals surface area contributed by atoms with Gasteiger partial charge in [-0.15, -0.1) is 0 Å². The SMILES string of the molecule is Cc1nc2c3ccccc3nn2c(C)c1CC(=O)NCCN1CCOCC1. The van der Waals surface area contributed by atoms with Crippen molar-refractivity contribution in [3.05, 3.63) is 41.2 Å². The molecular formula is C20H25N5O2. The van der Waals surface area contributed by atoms with Crippen LogP contribution >= 0.6 is 0 Å². The Balaban J connectivity index is 1.48. The number of morpholine rings is 1. The summed E-state index contributed by atoms with van der Waals surface area (Å²) in [4.78, 5) is 19.5. The molecule has 1 amide bonds. The molecule has 1 fully saturated rings. The molecule has 7 nitrogen and oxygen atoms in total. The number of nitrogens with one attached hydrogen (secondary N) is 1. The number of ether oxygens (including phenoxy) is 1. The van der Waals surface area contributed by atoms with E-state index in [2.05, 4.69) is 15.3 Å². The lowest BCUT2D eigenvalue weighted by atomic mass is 10.1. The third kappa shape index (κ3) is 3.65. The van der Waals surface area contributed by atoms with Crippen LogP contribution in [0.5, 0.6) is 0 Å². The summed E-state index contributed by atoms with van der Waals surface area (Å²) in [6, 6.07) is 7.98. The predicted octanol–water partition coefficient (Wildman–Crippen LogP) is 1.49. The molecule has 27 heavy (non-hydrogen) atoms. The van der Waals surface area contributed by atoms with Gasteiger partial charge in [0.1, 0.15) is 0 Å². The van der Waals surface area contributed by atoms with Crippen LogP contribution in [0.2, 0.25) is 0 Å².